The van der Waals surface area contributed by atoms with Crippen LogP contribution in [-0.4, -0.2) is 35.0 Å². The predicted octanol–water partition coefficient (Wildman–Crippen LogP) is 3.50. The molecule has 0 amide bonds. The van der Waals surface area contributed by atoms with E-state index in [1.165, 1.54) is 19.3 Å². The maximum atomic E-state index is 12.0. The normalized spacial score (nSPS) is 22.7. The molecule has 3 nitrogen and oxygen atoms in total. The summed E-state index contributed by atoms with van der Waals surface area (Å²) in [5.41, 5.74) is 1.73. The lowest BCUT2D eigenvalue weighted by Crippen LogP contribution is -2.50. The number of aliphatic imine (C=N–C) groups is 1. The van der Waals surface area contributed by atoms with Crippen LogP contribution in [0, 0.1) is 6.92 Å². The number of piperidine rings is 1. The summed E-state index contributed by atoms with van der Waals surface area (Å²) >= 11 is 0. The van der Waals surface area contributed by atoms with Crippen LogP contribution in [0.5, 0.6) is 0 Å². The highest BCUT2D eigenvalue weighted by atomic mass is 16.3. The summed E-state index contributed by atoms with van der Waals surface area (Å²) in [7, 11) is 0. The van der Waals surface area contributed by atoms with Gasteiger partial charge in [0.25, 0.3) is 0 Å². The molecule has 2 heterocycles. The summed E-state index contributed by atoms with van der Waals surface area (Å²) in [4.78, 5) is 7.19. The van der Waals surface area contributed by atoms with Crippen molar-refractivity contribution < 1.29 is 5.11 Å². The van der Waals surface area contributed by atoms with Crippen LogP contribution in [0.4, 0.5) is 0 Å². The van der Waals surface area contributed by atoms with Gasteiger partial charge in [-0.05, 0) is 42.9 Å². The topological polar surface area (TPSA) is 35.8 Å². The van der Waals surface area contributed by atoms with Crippen LogP contribution >= 0.6 is 0 Å². The quantitative estimate of drug-likeness (QED) is 0.939. The highest BCUT2D eigenvalue weighted by Crippen LogP contribution is 2.38. The van der Waals surface area contributed by atoms with Crippen LogP contribution in [0.25, 0.3) is 0 Å². The average molecular weight is 320 g/mol. The molecule has 1 fully saturated rings. The number of hydrogen-bond acceptors (Lipinski definition) is 3. The second kappa shape index (κ2) is 6.06. The zero-order chi connectivity index (χ0) is 16.6. The number of fused-ring (bicyclic) bond motifs is 1. The van der Waals surface area contributed by atoms with Gasteiger partial charge in [0.05, 0.1) is 6.54 Å². The number of nitrogens with zero attached hydrogens (tertiary/aromatic N) is 2. The monoisotopic (exact) mass is 320 g/mol. The van der Waals surface area contributed by atoms with Gasteiger partial charge in [0.2, 0.25) is 0 Å². The Hall–Kier alpha value is -2.13. The van der Waals surface area contributed by atoms with Crippen LogP contribution in [0.15, 0.2) is 59.6 Å². The van der Waals surface area contributed by atoms with Crippen LogP contribution < -0.4 is 0 Å². The average Bonchev–Trinajstić information content (AvgIpc) is 3.07. The second-order valence-electron chi connectivity index (χ2n) is 6.90. The summed E-state index contributed by atoms with van der Waals surface area (Å²) in [5, 5.41) is 12.0. The zero-order valence-electron chi connectivity index (χ0n) is 14.2. The van der Waals surface area contributed by atoms with E-state index >= 15 is 0 Å². The predicted molar refractivity (Wildman–Crippen MR) is 97.3 cm³/mol. The van der Waals surface area contributed by atoms with Gasteiger partial charge in [-0.25, -0.2) is 0 Å². The molecule has 2 aliphatic rings. The number of rotatable bonds is 3. The zero-order valence-corrected chi connectivity index (χ0v) is 14.2. The Balaban J connectivity index is 1.87. The lowest BCUT2D eigenvalue weighted by molar-refractivity contribution is 0.129. The molecule has 2 unspecified atom stereocenters. The number of aliphatic hydroxyl groups is 1. The Labute approximate surface area is 143 Å². The molecule has 2 aromatic carbocycles. The van der Waals surface area contributed by atoms with Gasteiger partial charge in [-0.2, -0.15) is 0 Å². The molecular weight excluding hydrogens is 296 g/mol. The van der Waals surface area contributed by atoms with Gasteiger partial charge in [-0.3, -0.25) is 4.99 Å². The molecule has 0 spiro atoms. The molecule has 3 heteroatoms. The Kier molecular flexibility index (Phi) is 3.89. The van der Waals surface area contributed by atoms with E-state index in [4.69, 9.17) is 4.99 Å². The van der Waals surface area contributed by atoms with E-state index in [0.29, 0.717) is 6.04 Å². The SMILES string of the molecule is Cc1ccccc1C(O)(C1=NCC2CCCCN12)c1ccccc1. The molecule has 2 aliphatic heterocycles. The Morgan fingerprint density at radius 2 is 1.79 bits per heavy atom. The largest absolute Gasteiger partial charge is 0.373 e. The molecule has 1 N–H and O–H groups in total. The molecule has 0 radical (unpaired) electrons. The van der Waals surface area contributed by atoms with Crippen LogP contribution in [0.2, 0.25) is 0 Å². The van der Waals surface area contributed by atoms with Crippen molar-refractivity contribution in [3.05, 3.63) is 71.3 Å². The minimum Gasteiger partial charge on any atom is -0.373 e. The molecule has 0 saturated carbocycles. The van der Waals surface area contributed by atoms with Crippen molar-refractivity contribution in [2.75, 3.05) is 13.1 Å². The number of amidine groups is 1. The minimum absolute atomic E-state index is 0.452. The third kappa shape index (κ3) is 2.35. The first-order valence-corrected chi connectivity index (χ1v) is 8.87. The standard InChI is InChI=1S/C21H24N2O/c1-16-9-5-6-13-19(16)21(24,17-10-3-2-4-11-17)20-22-15-18-12-7-8-14-23(18)20/h2-6,9-11,13,18,24H,7-8,12,14-15H2,1H3. The van der Waals surface area contributed by atoms with Gasteiger partial charge >= 0.3 is 0 Å². The van der Waals surface area contributed by atoms with E-state index in [0.717, 1.165) is 35.6 Å². The van der Waals surface area contributed by atoms with Crippen LogP contribution in [-0.2, 0) is 5.60 Å². The van der Waals surface area contributed by atoms with Crippen molar-refractivity contribution in [3.63, 3.8) is 0 Å². The fourth-order valence-electron chi connectivity index (χ4n) is 4.14. The van der Waals surface area contributed by atoms with Crippen LogP contribution in [0.1, 0.15) is 36.0 Å². The van der Waals surface area contributed by atoms with E-state index in [1.807, 2.05) is 48.5 Å². The number of hydrogen-bond donors (Lipinski definition) is 1. The fourth-order valence-corrected chi connectivity index (χ4v) is 4.14. The first-order chi connectivity index (χ1) is 11.7. The lowest BCUT2D eigenvalue weighted by Gasteiger charge is -2.40. The van der Waals surface area contributed by atoms with Gasteiger partial charge in [0.15, 0.2) is 5.60 Å². The summed E-state index contributed by atoms with van der Waals surface area (Å²) in [6.07, 6.45) is 3.61. The van der Waals surface area contributed by atoms with Gasteiger partial charge in [-0.1, -0.05) is 54.6 Å². The Morgan fingerprint density at radius 1 is 1.04 bits per heavy atom. The first-order valence-electron chi connectivity index (χ1n) is 8.87. The van der Waals surface area contributed by atoms with Gasteiger partial charge in [0.1, 0.15) is 5.84 Å². The van der Waals surface area contributed by atoms with Crippen molar-refractivity contribution in [1.82, 2.24) is 4.90 Å². The molecule has 2 aromatic rings. The molecule has 0 aliphatic carbocycles. The molecule has 1 saturated heterocycles. The van der Waals surface area contributed by atoms with Crippen molar-refractivity contribution in [3.8, 4) is 0 Å². The van der Waals surface area contributed by atoms with Gasteiger partial charge < -0.3 is 10.0 Å². The third-order valence-electron chi connectivity index (χ3n) is 5.40. The van der Waals surface area contributed by atoms with E-state index in [1.54, 1.807) is 0 Å². The van der Waals surface area contributed by atoms with E-state index in [2.05, 4.69) is 17.9 Å². The van der Waals surface area contributed by atoms with Gasteiger partial charge in [0, 0.05) is 12.6 Å². The maximum absolute atomic E-state index is 12.0. The molecule has 2 atom stereocenters. The molecular formula is C21H24N2O. The summed E-state index contributed by atoms with van der Waals surface area (Å²) in [5.74, 6) is 0.827. The first kappa shape index (κ1) is 15.4. The lowest BCUT2D eigenvalue weighted by atomic mass is 9.82. The van der Waals surface area contributed by atoms with Gasteiger partial charge in [-0.15, -0.1) is 0 Å². The summed E-state index contributed by atoms with van der Waals surface area (Å²) in [6, 6.07) is 18.5. The molecule has 124 valence electrons. The highest BCUT2D eigenvalue weighted by Gasteiger charge is 2.45. The van der Waals surface area contributed by atoms with Crippen LogP contribution in [0.3, 0.4) is 0 Å². The van der Waals surface area contributed by atoms with Crippen molar-refractivity contribution in [1.29, 1.82) is 0 Å². The van der Waals surface area contributed by atoms with E-state index in [9.17, 15) is 5.11 Å². The minimum atomic E-state index is -1.18. The van der Waals surface area contributed by atoms with Crippen molar-refractivity contribution in [2.24, 2.45) is 4.99 Å². The number of benzene rings is 2. The summed E-state index contributed by atoms with van der Waals surface area (Å²) in [6.45, 7) is 3.85. The molecule has 24 heavy (non-hydrogen) atoms. The second-order valence-corrected chi connectivity index (χ2v) is 6.90. The maximum Gasteiger partial charge on any atom is 0.172 e. The van der Waals surface area contributed by atoms with Crippen molar-refractivity contribution in [2.45, 2.75) is 37.8 Å². The highest BCUT2D eigenvalue weighted by molar-refractivity contribution is 5.96. The van der Waals surface area contributed by atoms with E-state index < -0.39 is 5.60 Å². The smallest absolute Gasteiger partial charge is 0.172 e. The third-order valence-corrected chi connectivity index (χ3v) is 5.40. The van der Waals surface area contributed by atoms with Crippen molar-refractivity contribution >= 4 is 5.84 Å². The molecule has 4 rings (SSSR count). The number of aryl methyl sites for hydroxylation is 1. The van der Waals surface area contributed by atoms with E-state index in [-0.39, 0.29) is 0 Å². The summed E-state index contributed by atoms with van der Waals surface area (Å²) < 4.78 is 0. The molecule has 0 bridgehead atoms. The fraction of sp³-hybridized carbons (Fsp3) is 0.381. The Bertz CT molecular complexity index is 755. The molecule has 0 aromatic heterocycles. The Morgan fingerprint density at radius 3 is 2.58 bits per heavy atom.